The highest BCUT2D eigenvalue weighted by atomic mass is 35.5. The Morgan fingerprint density at radius 3 is 2.43 bits per heavy atom. The minimum Gasteiger partial charge on any atom is -0.369 e. The Labute approximate surface area is 138 Å². The topological polar surface area (TPSA) is 21.3 Å². The molecule has 1 saturated heterocycles. The second-order valence-electron chi connectivity index (χ2n) is 7.11. The molecular formula is C17H25Cl2NO. The Morgan fingerprint density at radius 2 is 1.95 bits per heavy atom. The van der Waals surface area contributed by atoms with Crippen LogP contribution in [0.15, 0.2) is 18.2 Å². The van der Waals surface area contributed by atoms with Crippen LogP contribution in [0.1, 0.15) is 39.7 Å². The first-order valence-corrected chi connectivity index (χ1v) is 8.21. The molecule has 2 atom stereocenters. The van der Waals surface area contributed by atoms with Crippen LogP contribution in [0, 0.1) is 5.92 Å². The Hall–Kier alpha value is -0.280. The lowest BCUT2D eigenvalue weighted by atomic mass is 9.79. The molecule has 1 aromatic rings. The maximum Gasteiger partial charge on any atom is 0.0677 e. The quantitative estimate of drug-likeness (QED) is 0.863. The molecule has 0 amide bonds. The van der Waals surface area contributed by atoms with Gasteiger partial charge in [0.2, 0.25) is 0 Å². The second kappa shape index (κ2) is 6.08. The van der Waals surface area contributed by atoms with Crippen molar-refractivity contribution in [2.75, 3.05) is 7.05 Å². The van der Waals surface area contributed by atoms with E-state index in [9.17, 15) is 0 Å². The third-order valence-corrected chi connectivity index (χ3v) is 5.04. The van der Waals surface area contributed by atoms with Crippen molar-refractivity contribution < 1.29 is 4.74 Å². The fourth-order valence-electron chi connectivity index (χ4n) is 3.60. The van der Waals surface area contributed by atoms with Gasteiger partial charge >= 0.3 is 0 Å². The van der Waals surface area contributed by atoms with Crippen LogP contribution in [0.25, 0.3) is 0 Å². The van der Waals surface area contributed by atoms with E-state index >= 15 is 0 Å². The molecule has 1 aliphatic rings. The number of likely N-dealkylation sites (N-methyl/N-ethyl adjacent to an activating group) is 1. The zero-order valence-corrected chi connectivity index (χ0v) is 15.0. The van der Waals surface area contributed by atoms with Gasteiger partial charge in [-0.05, 0) is 65.3 Å². The van der Waals surface area contributed by atoms with Crippen molar-refractivity contribution in [2.45, 2.75) is 57.8 Å². The Morgan fingerprint density at radius 1 is 1.29 bits per heavy atom. The molecule has 2 unspecified atom stereocenters. The van der Waals surface area contributed by atoms with Crippen molar-refractivity contribution in [1.29, 1.82) is 0 Å². The number of halogens is 2. The van der Waals surface area contributed by atoms with Gasteiger partial charge in [0.05, 0.1) is 11.2 Å². The van der Waals surface area contributed by atoms with Gasteiger partial charge in [-0.2, -0.15) is 0 Å². The van der Waals surface area contributed by atoms with Crippen molar-refractivity contribution in [3.8, 4) is 0 Å². The largest absolute Gasteiger partial charge is 0.369 e. The second-order valence-corrected chi connectivity index (χ2v) is 7.95. The first-order chi connectivity index (χ1) is 9.64. The van der Waals surface area contributed by atoms with Crippen LogP contribution in [-0.4, -0.2) is 24.3 Å². The van der Waals surface area contributed by atoms with Crippen LogP contribution in [0.3, 0.4) is 0 Å². The molecule has 2 rings (SSSR count). The molecular weight excluding hydrogens is 305 g/mol. The van der Waals surface area contributed by atoms with Gasteiger partial charge in [0.15, 0.2) is 0 Å². The molecule has 0 aliphatic carbocycles. The number of nitrogens with one attached hydrogen (secondary N) is 1. The third kappa shape index (κ3) is 3.92. The van der Waals surface area contributed by atoms with E-state index in [0.29, 0.717) is 17.0 Å². The van der Waals surface area contributed by atoms with Crippen LogP contribution < -0.4 is 5.32 Å². The van der Waals surface area contributed by atoms with E-state index in [-0.39, 0.29) is 11.2 Å². The van der Waals surface area contributed by atoms with Gasteiger partial charge in [-0.1, -0.05) is 29.3 Å². The summed E-state index contributed by atoms with van der Waals surface area (Å²) in [6.45, 7) is 8.69. The first kappa shape index (κ1) is 17.1. The molecule has 1 aromatic carbocycles. The van der Waals surface area contributed by atoms with Gasteiger partial charge in [0.25, 0.3) is 0 Å². The van der Waals surface area contributed by atoms with Gasteiger partial charge in [-0.25, -0.2) is 0 Å². The highest BCUT2D eigenvalue weighted by molar-refractivity contribution is 6.35. The van der Waals surface area contributed by atoms with Gasteiger partial charge in [0, 0.05) is 22.0 Å². The summed E-state index contributed by atoms with van der Waals surface area (Å²) in [5, 5.41) is 4.87. The first-order valence-electron chi connectivity index (χ1n) is 7.46. The lowest BCUT2D eigenvalue weighted by Crippen LogP contribution is -2.44. The van der Waals surface area contributed by atoms with Gasteiger partial charge < -0.3 is 10.1 Å². The molecule has 2 nitrogen and oxygen atoms in total. The van der Waals surface area contributed by atoms with Crippen LogP contribution in [0.2, 0.25) is 10.0 Å². The zero-order chi connectivity index (χ0) is 15.8. The number of rotatable bonds is 4. The highest BCUT2D eigenvalue weighted by Gasteiger charge is 2.48. The van der Waals surface area contributed by atoms with Crippen LogP contribution in [0.4, 0.5) is 0 Å². The van der Waals surface area contributed by atoms with E-state index in [0.717, 1.165) is 23.4 Å². The smallest absolute Gasteiger partial charge is 0.0677 e. The van der Waals surface area contributed by atoms with Gasteiger partial charge in [-0.3, -0.25) is 0 Å². The maximum absolute atomic E-state index is 6.32. The SMILES string of the molecule is CNC(Cc1ccc(Cl)cc1Cl)C1CC(C)(C)OC1(C)C. The summed E-state index contributed by atoms with van der Waals surface area (Å²) in [4.78, 5) is 0. The monoisotopic (exact) mass is 329 g/mol. The van der Waals surface area contributed by atoms with Crippen molar-refractivity contribution in [2.24, 2.45) is 5.92 Å². The van der Waals surface area contributed by atoms with Crippen molar-refractivity contribution in [3.05, 3.63) is 33.8 Å². The van der Waals surface area contributed by atoms with E-state index in [1.165, 1.54) is 0 Å². The summed E-state index contributed by atoms with van der Waals surface area (Å²) in [5.74, 6) is 0.434. The molecule has 21 heavy (non-hydrogen) atoms. The lowest BCUT2D eigenvalue weighted by Gasteiger charge is -2.33. The fourth-order valence-corrected chi connectivity index (χ4v) is 4.09. The average Bonchev–Trinajstić information content (AvgIpc) is 2.56. The van der Waals surface area contributed by atoms with E-state index in [2.05, 4.69) is 33.0 Å². The predicted octanol–water partition coefficient (Wildman–Crippen LogP) is 4.72. The van der Waals surface area contributed by atoms with Crippen molar-refractivity contribution >= 4 is 23.2 Å². The summed E-state index contributed by atoms with van der Waals surface area (Å²) >= 11 is 12.3. The summed E-state index contributed by atoms with van der Waals surface area (Å²) in [6.07, 6.45) is 1.91. The fraction of sp³-hybridized carbons (Fsp3) is 0.647. The Kier molecular flexibility index (Phi) is 4.94. The van der Waals surface area contributed by atoms with Crippen molar-refractivity contribution in [3.63, 3.8) is 0 Å². The molecule has 0 radical (unpaired) electrons. The maximum atomic E-state index is 6.32. The lowest BCUT2D eigenvalue weighted by molar-refractivity contribution is -0.0774. The van der Waals surface area contributed by atoms with E-state index in [4.69, 9.17) is 27.9 Å². The van der Waals surface area contributed by atoms with E-state index in [1.807, 2.05) is 25.2 Å². The minimum absolute atomic E-state index is 0.0763. The summed E-state index contributed by atoms with van der Waals surface area (Å²) in [6, 6.07) is 6.05. The van der Waals surface area contributed by atoms with E-state index < -0.39 is 0 Å². The standard InChI is InChI=1S/C17H25Cl2NO/c1-16(2)10-13(17(3,4)21-16)15(20-5)8-11-6-7-12(18)9-14(11)19/h6-7,9,13,15,20H,8,10H2,1-5H3. The summed E-state index contributed by atoms with van der Waals surface area (Å²) in [7, 11) is 2.01. The molecule has 1 aliphatic heterocycles. The van der Waals surface area contributed by atoms with Gasteiger partial charge in [0.1, 0.15) is 0 Å². The molecule has 1 N–H and O–H groups in total. The molecule has 0 saturated carbocycles. The van der Waals surface area contributed by atoms with E-state index in [1.54, 1.807) is 0 Å². The third-order valence-electron chi connectivity index (χ3n) is 4.46. The molecule has 4 heteroatoms. The number of benzene rings is 1. The van der Waals surface area contributed by atoms with Crippen LogP contribution >= 0.6 is 23.2 Å². The van der Waals surface area contributed by atoms with Crippen LogP contribution in [-0.2, 0) is 11.2 Å². The average molecular weight is 330 g/mol. The normalized spacial score (nSPS) is 25.0. The zero-order valence-electron chi connectivity index (χ0n) is 13.5. The molecule has 1 fully saturated rings. The minimum atomic E-state index is -0.143. The van der Waals surface area contributed by atoms with Gasteiger partial charge in [-0.15, -0.1) is 0 Å². The summed E-state index contributed by atoms with van der Waals surface area (Å²) < 4.78 is 6.22. The molecule has 118 valence electrons. The highest BCUT2D eigenvalue weighted by Crippen LogP contribution is 2.44. The number of hydrogen-bond donors (Lipinski definition) is 1. The predicted molar refractivity (Wildman–Crippen MR) is 90.4 cm³/mol. The molecule has 1 heterocycles. The molecule has 0 aromatic heterocycles. The Balaban J connectivity index is 2.20. The number of ether oxygens (including phenoxy) is 1. The molecule has 0 spiro atoms. The summed E-state index contributed by atoms with van der Waals surface area (Å²) in [5.41, 5.74) is 0.907. The number of hydrogen-bond acceptors (Lipinski definition) is 2. The van der Waals surface area contributed by atoms with Crippen molar-refractivity contribution in [1.82, 2.24) is 5.32 Å². The molecule has 0 bridgehead atoms. The Bertz CT molecular complexity index is 514. The van der Waals surface area contributed by atoms with Crippen LogP contribution in [0.5, 0.6) is 0 Å².